The van der Waals surface area contributed by atoms with Gasteiger partial charge in [-0.3, -0.25) is 4.79 Å². The van der Waals surface area contributed by atoms with E-state index in [9.17, 15) is 9.90 Å². The minimum Gasteiger partial charge on any atom is -0.469 e. The first-order chi connectivity index (χ1) is 17.9. The van der Waals surface area contributed by atoms with Crippen LogP contribution < -0.4 is 0 Å². The van der Waals surface area contributed by atoms with E-state index in [1.807, 2.05) is 6.92 Å². The van der Waals surface area contributed by atoms with Gasteiger partial charge in [-0.05, 0) is 44.6 Å². The molecule has 1 saturated heterocycles. The number of carbonyl (C=O) groups is 1. The summed E-state index contributed by atoms with van der Waals surface area (Å²) in [5, 5.41) is 14.8. The van der Waals surface area contributed by atoms with Crippen LogP contribution in [0, 0.1) is 5.92 Å². The van der Waals surface area contributed by atoms with Crippen LogP contribution in [0.1, 0.15) is 79.1 Å². The second-order valence-electron chi connectivity index (χ2n) is 9.91. The fourth-order valence-corrected chi connectivity index (χ4v) is 4.85. The zero-order valence-corrected chi connectivity index (χ0v) is 23.1. The summed E-state index contributed by atoms with van der Waals surface area (Å²) in [7, 11) is 1.30. The van der Waals surface area contributed by atoms with Gasteiger partial charge in [-0.1, -0.05) is 45.1 Å². The SMILES string of the molecule is CCCCOC1C(C)OC(OC2C(O)CC(C(=O)OC)CC2N=[N+]=[N-])C(OCCCC)C1OCCCC. The zero-order chi connectivity index (χ0) is 27.2. The lowest BCUT2D eigenvalue weighted by Crippen LogP contribution is -2.62. The van der Waals surface area contributed by atoms with Crippen molar-refractivity contribution in [3.05, 3.63) is 10.4 Å². The number of aliphatic hydroxyl groups is 1. The van der Waals surface area contributed by atoms with E-state index in [0.29, 0.717) is 19.8 Å². The van der Waals surface area contributed by atoms with Crippen molar-refractivity contribution in [3.63, 3.8) is 0 Å². The summed E-state index contributed by atoms with van der Waals surface area (Å²) in [4.78, 5) is 15.1. The van der Waals surface area contributed by atoms with Gasteiger partial charge < -0.3 is 33.5 Å². The van der Waals surface area contributed by atoms with E-state index in [1.54, 1.807) is 0 Å². The maximum Gasteiger partial charge on any atom is 0.308 e. The molecule has 2 fully saturated rings. The van der Waals surface area contributed by atoms with Gasteiger partial charge in [0.2, 0.25) is 0 Å². The minimum absolute atomic E-state index is 0.137. The Labute approximate surface area is 221 Å². The van der Waals surface area contributed by atoms with E-state index in [-0.39, 0.29) is 25.0 Å². The molecule has 1 N–H and O–H groups in total. The molecule has 0 aromatic heterocycles. The van der Waals surface area contributed by atoms with Crippen LogP contribution in [0.15, 0.2) is 5.11 Å². The van der Waals surface area contributed by atoms with Crippen LogP contribution in [0.3, 0.4) is 0 Å². The topological polar surface area (TPSA) is 141 Å². The highest BCUT2D eigenvalue weighted by Gasteiger charge is 2.50. The highest BCUT2D eigenvalue weighted by molar-refractivity contribution is 5.72. The number of hydrogen-bond acceptors (Lipinski definition) is 9. The Balaban J connectivity index is 2.29. The smallest absolute Gasteiger partial charge is 0.308 e. The summed E-state index contributed by atoms with van der Waals surface area (Å²) >= 11 is 0. The van der Waals surface area contributed by atoms with E-state index in [2.05, 4.69) is 30.8 Å². The van der Waals surface area contributed by atoms with Crippen molar-refractivity contribution < 1.29 is 38.3 Å². The number of unbranched alkanes of at least 4 members (excludes halogenated alkanes) is 3. The Morgan fingerprint density at radius 2 is 1.51 bits per heavy atom. The molecule has 0 spiro atoms. The summed E-state index contributed by atoms with van der Waals surface area (Å²) in [6.45, 7) is 9.85. The Bertz CT molecular complexity index is 707. The van der Waals surface area contributed by atoms with Gasteiger partial charge in [-0.25, -0.2) is 0 Å². The van der Waals surface area contributed by atoms with Crippen molar-refractivity contribution in [2.75, 3.05) is 26.9 Å². The number of rotatable bonds is 16. The average Bonchev–Trinajstić information content (AvgIpc) is 2.88. The standard InChI is InChI=1S/C26H47N3O8/c1-6-9-12-33-21-17(4)36-26(24(35-14-11-8-3)23(21)34-13-10-7-2)37-22-19(28-29-27)15-18(16-20(22)30)25(31)32-5/h17-24,26,30H,6-16H2,1-5H3. The number of carbonyl (C=O) groups excluding carboxylic acids is 1. The van der Waals surface area contributed by atoms with Crippen LogP contribution in [0.5, 0.6) is 0 Å². The third-order valence-corrected chi connectivity index (χ3v) is 6.99. The van der Waals surface area contributed by atoms with Crippen LogP contribution in [0.25, 0.3) is 10.4 Å². The summed E-state index contributed by atoms with van der Waals surface area (Å²) in [5.74, 6) is -1.03. The second kappa shape index (κ2) is 17.2. The lowest BCUT2D eigenvalue weighted by atomic mass is 9.82. The number of esters is 1. The number of hydrogen-bond donors (Lipinski definition) is 1. The first-order valence-corrected chi connectivity index (χ1v) is 13.9. The predicted molar refractivity (Wildman–Crippen MR) is 137 cm³/mol. The van der Waals surface area contributed by atoms with Gasteiger partial charge in [-0.15, -0.1) is 0 Å². The third kappa shape index (κ3) is 9.35. The summed E-state index contributed by atoms with van der Waals surface area (Å²) in [6.07, 6.45) is 1.44. The molecule has 0 aromatic rings. The molecule has 0 aromatic carbocycles. The van der Waals surface area contributed by atoms with Gasteiger partial charge in [0.15, 0.2) is 6.29 Å². The molecule has 2 rings (SSSR count). The zero-order valence-electron chi connectivity index (χ0n) is 23.1. The molecule has 2 aliphatic rings. The fourth-order valence-electron chi connectivity index (χ4n) is 4.85. The average molecular weight is 530 g/mol. The van der Waals surface area contributed by atoms with E-state index in [1.165, 1.54) is 7.11 Å². The molecule has 1 heterocycles. The summed E-state index contributed by atoms with van der Waals surface area (Å²) in [6, 6.07) is -0.772. The van der Waals surface area contributed by atoms with Gasteiger partial charge in [0.1, 0.15) is 18.3 Å². The van der Waals surface area contributed by atoms with Crippen molar-refractivity contribution in [1.29, 1.82) is 0 Å². The first-order valence-electron chi connectivity index (χ1n) is 13.9. The number of nitrogens with zero attached hydrogens (tertiary/aromatic N) is 3. The Hall–Kier alpha value is -1.46. The molecule has 0 bridgehead atoms. The van der Waals surface area contributed by atoms with Crippen LogP contribution >= 0.6 is 0 Å². The molecule has 0 amide bonds. The first kappa shape index (κ1) is 31.8. The molecule has 1 aliphatic carbocycles. The van der Waals surface area contributed by atoms with Crippen LogP contribution in [0.2, 0.25) is 0 Å². The van der Waals surface area contributed by atoms with Crippen LogP contribution in [-0.4, -0.2) is 87.0 Å². The number of methoxy groups -OCH3 is 1. The molecule has 9 atom stereocenters. The summed E-state index contributed by atoms with van der Waals surface area (Å²) < 4.78 is 36.4. The molecule has 1 saturated carbocycles. The summed E-state index contributed by atoms with van der Waals surface area (Å²) in [5.41, 5.74) is 9.16. The van der Waals surface area contributed by atoms with Gasteiger partial charge in [0, 0.05) is 24.7 Å². The molecule has 11 nitrogen and oxygen atoms in total. The van der Waals surface area contributed by atoms with Crippen molar-refractivity contribution in [1.82, 2.24) is 0 Å². The quantitative estimate of drug-likeness (QED) is 0.103. The highest BCUT2D eigenvalue weighted by Crippen LogP contribution is 2.35. The lowest BCUT2D eigenvalue weighted by molar-refractivity contribution is -0.332. The monoisotopic (exact) mass is 529 g/mol. The van der Waals surface area contributed by atoms with E-state index >= 15 is 0 Å². The molecule has 1 aliphatic heterocycles. The molecule has 0 radical (unpaired) electrons. The van der Waals surface area contributed by atoms with Crippen molar-refractivity contribution in [2.24, 2.45) is 11.0 Å². The molecule has 11 heteroatoms. The number of ether oxygens (including phenoxy) is 6. The Kier molecular flexibility index (Phi) is 14.8. The van der Waals surface area contributed by atoms with Gasteiger partial charge >= 0.3 is 5.97 Å². The largest absolute Gasteiger partial charge is 0.469 e. The van der Waals surface area contributed by atoms with Crippen molar-refractivity contribution in [2.45, 2.75) is 128 Å². The van der Waals surface area contributed by atoms with E-state index in [4.69, 9.17) is 34.0 Å². The van der Waals surface area contributed by atoms with Gasteiger partial charge in [-0.2, -0.15) is 0 Å². The van der Waals surface area contributed by atoms with Crippen molar-refractivity contribution in [3.8, 4) is 0 Å². The number of aliphatic hydroxyl groups excluding tert-OH is 1. The second-order valence-corrected chi connectivity index (χ2v) is 9.91. The molecule has 37 heavy (non-hydrogen) atoms. The predicted octanol–water partition coefficient (Wildman–Crippen LogP) is 4.30. The van der Waals surface area contributed by atoms with Gasteiger partial charge in [0.25, 0.3) is 0 Å². The highest BCUT2D eigenvalue weighted by atomic mass is 16.7. The van der Waals surface area contributed by atoms with Crippen LogP contribution in [0.4, 0.5) is 0 Å². The maximum atomic E-state index is 12.1. The van der Waals surface area contributed by atoms with E-state index < -0.39 is 48.6 Å². The maximum absolute atomic E-state index is 12.1. The normalized spacial score (nSPS) is 34.1. The molecular formula is C26H47N3O8. The number of azide groups is 1. The Morgan fingerprint density at radius 3 is 2.05 bits per heavy atom. The molecule has 9 unspecified atom stereocenters. The van der Waals surface area contributed by atoms with E-state index in [0.717, 1.165) is 38.5 Å². The van der Waals surface area contributed by atoms with Crippen molar-refractivity contribution >= 4 is 5.97 Å². The third-order valence-electron chi connectivity index (χ3n) is 6.99. The fraction of sp³-hybridized carbons (Fsp3) is 0.962. The minimum atomic E-state index is -1.05. The molecular weight excluding hydrogens is 482 g/mol. The molecule has 214 valence electrons. The van der Waals surface area contributed by atoms with Crippen LogP contribution in [-0.2, 0) is 33.2 Å². The van der Waals surface area contributed by atoms with Gasteiger partial charge in [0.05, 0.1) is 37.4 Å². The lowest BCUT2D eigenvalue weighted by Gasteiger charge is -2.47. The Morgan fingerprint density at radius 1 is 0.946 bits per heavy atom.